The molecule has 22 heavy (non-hydrogen) atoms. The highest BCUT2D eigenvalue weighted by molar-refractivity contribution is 5.87. The van der Waals surface area contributed by atoms with Gasteiger partial charge in [0.15, 0.2) is 5.69 Å². The molecule has 0 atom stereocenters. The van der Waals surface area contributed by atoms with Crippen molar-refractivity contribution >= 4 is 5.97 Å². The molecule has 3 N–H and O–H groups in total. The van der Waals surface area contributed by atoms with Crippen LogP contribution in [0.2, 0.25) is 0 Å². The zero-order chi connectivity index (χ0) is 15.5. The Morgan fingerprint density at radius 3 is 2.59 bits per heavy atom. The smallest absolute Gasteiger partial charge is 0.356 e. The maximum absolute atomic E-state index is 11.2. The van der Waals surface area contributed by atoms with E-state index >= 15 is 0 Å². The van der Waals surface area contributed by atoms with Gasteiger partial charge in [-0.15, -0.1) is 0 Å². The number of carbonyl (C=O) groups is 1. The van der Waals surface area contributed by atoms with Crippen LogP contribution >= 0.6 is 0 Å². The van der Waals surface area contributed by atoms with E-state index in [1.165, 1.54) is 0 Å². The Bertz CT molecular complexity index is 795. The van der Waals surface area contributed by atoms with Crippen molar-refractivity contribution in [2.75, 3.05) is 0 Å². The third-order valence-electron chi connectivity index (χ3n) is 3.30. The van der Waals surface area contributed by atoms with E-state index < -0.39 is 5.97 Å². The average molecular weight is 294 g/mol. The number of nitrogens with zero attached hydrogens (tertiary/aromatic N) is 3. The lowest BCUT2D eigenvalue weighted by atomic mass is 10.1. The standard InChI is InChI=1S/C16H14N4O2/c17-9-11-3-5-12(6-4-11)15-8-14(16(21)22)19-20(15)13-2-1-7-18-10-13/h1-8,10H,9,17H2,(H,21,22). The normalized spacial score (nSPS) is 10.6. The molecule has 110 valence electrons. The molecule has 0 saturated carbocycles. The van der Waals surface area contributed by atoms with E-state index in [0.717, 1.165) is 11.1 Å². The first kappa shape index (κ1) is 14.0. The molecule has 1 aromatic carbocycles. The lowest BCUT2D eigenvalue weighted by Crippen LogP contribution is -2.02. The van der Waals surface area contributed by atoms with Crippen molar-refractivity contribution in [1.29, 1.82) is 0 Å². The Labute approximate surface area is 126 Å². The minimum absolute atomic E-state index is 0.0123. The number of aromatic carboxylic acids is 1. The molecule has 0 aliphatic carbocycles. The van der Waals surface area contributed by atoms with Crippen LogP contribution in [-0.2, 0) is 6.54 Å². The SMILES string of the molecule is NCc1ccc(-c2cc(C(=O)O)nn2-c2cccnc2)cc1. The van der Waals surface area contributed by atoms with Crippen molar-refractivity contribution in [3.05, 3.63) is 66.1 Å². The molecule has 0 saturated heterocycles. The monoisotopic (exact) mass is 294 g/mol. The fourth-order valence-corrected chi connectivity index (χ4v) is 2.18. The third-order valence-corrected chi connectivity index (χ3v) is 3.30. The summed E-state index contributed by atoms with van der Waals surface area (Å²) in [6.45, 7) is 0.461. The van der Waals surface area contributed by atoms with E-state index in [1.54, 1.807) is 29.2 Å². The molecule has 2 aromatic heterocycles. The molecule has 6 nitrogen and oxygen atoms in total. The molecule has 3 aromatic rings. The number of carboxylic acid groups (broad SMARTS) is 1. The van der Waals surface area contributed by atoms with E-state index in [9.17, 15) is 9.90 Å². The maximum Gasteiger partial charge on any atom is 0.356 e. The highest BCUT2D eigenvalue weighted by Gasteiger charge is 2.15. The Hall–Kier alpha value is -2.99. The molecule has 0 spiro atoms. The molecule has 0 bridgehead atoms. The topological polar surface area (TPSA) is 94.0 Å². The highest BCUT2D eigenvalue weighted by atomic mass is 16.4. The van der Waals surface area contributed by atoms with Crippen molar-refractivity contribution < 1.29 is 9.90 Å². The molecule has 0 aliphatic heterocycles. The van der Waals surface area contributed by atoms with Gasteiger partial charge in [0.2, 0.25) is 0 Å². The summed E-state index contributed by atoms with van der Waals surface area (Å²) in [4.78, 5) is 15.3. The first-order chi connectivity index (χ1) is 10.7. The first-order valence-electron chi connectivity index (χ1n) is 6.72. The van der Waals surface area contributed by atoms with Crippen LogP contribution in [-0.4, -0.2) is 25.8 Å². The van der Waals surface area contributed by atoms with Gasteiger partial charge in [-0.05, 0) is 23.8 Å². The Morgan fingerprint density at radius 1 is 1.23 bits per heavy atom. The Kier molecular flexibility index (Phi) is 3.67. The molecular weight excluding hydrogens is 280 g/mol. The summed E-state index contributed by atoms with van der Waals surface area (Å²) in [6, 6.07) is 12.8. The average Bonchev–Trinajstić information content (AvgIpc) is 3.01. The van der Waals surface area contributed by atoms with Crippen molar-refractivity contribution in [2.24, 2.45) is 5.73 Å². The van der Waals surface area contributed by atoms with Gasteiger partial charge in [-0.1, -0.05) is 24.3 Å². The summed E-state index contributed by atoms with van der Waals surface area (Å²) in [5.74, 6) is -1.07. The summed E-state index contributed by atoms with van der Waals surface area (Å²) >= 11 is 0. The van der Waals surface area contributed by atoms with E-state index in [2.05, 4.69) is 10.1 Å². The van der Waals surface area contributed by atoms with Crippen LogP contribution in [0.1, 0.15) is 16.1 Å². The van der Waals surface area contributed by atoms with Crippen LogP contribution in [0.3, 0.4) is 0 Å². The summed E-state index contributed by atoms with van der Waals surface area (Å²) in [7, 11) is 0. The first-order valence-corrected chi connectivity index (χ1v) is 6.72. The zero-order valence-corrected chi connectivity index (χ0v) is 11.7. The van der Waals surface area contributed by atoms with Crippen molar-refractivity contribution in [1.82, 2.24) is 14.8 Å². The van der Waals surface area contributed by atoms with Crippen LogP contribution in [0.5, 0.6) is 0 Å². The predicted octanol–water partition coefficient (Wildman–Crippen LogP) is 2.09. The number of rotatable bonds is 4. The predicted molar refractivity (Wildman–Crippen MR) is 81.6 cm³/mol. The van der Waals surface area contributed by atoms with E-state index in [0.29, 0.717) is 17.9 Å². The van der Waals surface area contributed by atoms with Crippen LogP contribution < -0.4 is 5.73 Å². The summed E-state index contributed by atoms with van der Waals surface area (Å²) < 4.78 is 1.58. The summed E-state index contributed by atoms with van der Waals surface area (Å²) in [6.07, 6.45) is 3.29. The van der Waals surface area contributed by atoms with Gasteiger partial charge >= 0.3 is 5.97 Å². The Morgan fingerprint density at radius 2 is 2.00 bits per heavy atom. The van der Waals surface area contributed by atoms with Crippen molar-refractivity contribution in [3.8, 4) is 16.9 Å². The van der Waals surface area contributed by atoms with Crippen molar-refractivity contribution in [2.45, 2.75) is 6.54 Å². The van der Waals surface area contributed by atoms with Crippen LogP contribution in [0.15, 0.2) is 54.9 Å². The van der Waals surface area contributed by atoms with Gasteiger partial charge in [0.25, 0.3) is 0 Å². The zero-order valence-electron chi connectivity index (χ0n) is 11.7. The van der Waals surface area contributed by atoms with Gasteiger partial charge in [-0.25, -0.2) is 9.48 Å². The molecule has 3 rings (SSSR count). The minimum atomic E-state index is -1.07. The number of hydrogen-bond acceptors (Lipinski definition) is 4. The molecule has 0 aliphatic rings. The number of benzene rings is 1. The number of hydrogen-bond donors (Lipinski definition) is 2. The second-order valence-corrected chi connectivity index (χ2v) is 4.74. The molecule has 0 amide bonds. The van der Waals surface area contributed by atoms with Crippen LogP contribution in [0, 0.1) is 0 Å². The fraction of sp³-hybridized carbons (Fsp3) is 0.0625. The van der Waals surface area contributed by atoms with Gasteiger partial charge in [-0.3, -0.25) is 4.98 Å². The molecule has 2 heterocycles. The molecule has 0 unspecified atom stereocenters. The number of carboxylic acids is 1. The summed E-state index contributed by atoms with van der Waals surface area (Å²) in [5, 5.41) is 13.3. The van der Waals surface area contributed by atoms with Gasteiger partial charge < -0.3 is 10.8 Å². The number of aromatic nitrogens is 3. The van der Waals surface area contributed by atoms with E-state index in [1.807, 2.05) is 30.3 Å². The number of pyridine rings is 1. The lowest BCUT2D eigenvalue weighted by Gasteiger charge is -2.07. The van der Waals surface area contributed by atoms with Crippen LogP contribution in [0.25, 0.3) is 16.9 Å². The van der Waals surface area contributed by atoms with E-state index in [-0.39, 0.29) is 5.69 Å². The van der Waals surface area contributed by atoms with Crippen LogP contribution in [0.4, 0.5) is 0 Å². The molecule has 0 radical (unpaired) electrons. The quantitative estimate of drug-likeness (QED) is 0.768. The Balaban J connectivity index is 2.14. The van der Waals surface area contributed by atoms with E-state index in [4.69, 9.17) is 5.73 Å². The fourth-order valence-electron chi connectivity index (χ4n) is 2.18. The number of nitrogens with two attached hydrogens (primary N) is 1. The largest absolute Gasteiger partial charge is 0.476 e. The second-order valence-electron chi connectivity index (χ2n) is 4.74. The van der Waals surface area contributed by atoms with Gasteiger partial charge in [0, 0.05) is 18.3 Å². The van der Waals surface area contributed by atoms with Gasteiger partial charge in [0.05, 0.1) is 17.6 Å². The maximum atomic E-state index is 11.2. The minimum Gasteiger partial charge on any atom is -0.476 e. The van der Waals surface area contributed by atoms with Gasteiger partial charge in [-0.2, -0.15) is 5.10 Å². The second kappa shape index (κ2) is 5.79. The summed E-state index contributed by atoms with van der Waals surface area (Å²) in [5.41, 5.74) is 8.85. The third kappa shape index (κ3) is 2.59. The molecular formula is C16H14N4O2. The molecule has 0 fully saturated rings. The lowest BCUT2D eigenvalue weighted by molar-refractivity contribution is 0.0690. The van der Waals surface area contributed by atoms with Crippen molar-refractivity contribution in [3.63, 3.8) is 0 Å². The molecule has 6 heteroatoms. The van der Waals surface area contributed by atoms with Gasteiger partial charge in [0.1, 0.15) is 0 Å². The highest BCUT2D eigenvalue weighted by Crippen LogP contribution is 2.24.